The first-order valence-corrected chi connectivity index (χ1v) is 7.45. The van der Waals surface area contributed by atoms with Crippen LogP contribution in [0.1, 0.15) is 19.8 Å². The normalized spacial score (nSPS) is 41.1. The van der Waals surface area contributed by atoms with E-state index < -0.39 is 9.84 Å². The van der Waals surface area contributed by atoms with Crippen LogP contribution in [-0.2, 0) is 9.84 Å². The van der Waals surface area contributed by atoms with E-state index in [1.54, 1.807) is 0 Å². The average molecular weight is 232 g/mol. The number of hydrogen-bond donors (Lipinski definition) is 1. The van der Waals surface area contributed by atoms with Crippen molar-refractivity contribution in [2.75, 3.05) is 25.1 Å². The van der Waals surface area contributed by atoms with Gasteiger partial charge in [-0.05, 0) is 26.8 Å². The van der Waals surface area contributed by atoms with Crippen LogP contribution in [0, 0.1) is 0 Å². The van der Waals surface area contributed by atoms with Crippen LogP contribution in [0.3, 0.4) is 0 Å². The van der Waals surface area contributed by atoms with Crippen LogP contribution in [0.4, 0.5) is 0 Å². The first-order valence-electron chi connectivity index (χ1n) is 5.63. The highest BCUT2D eigenvalue weighted by molar-refractivity contribution is 7.91. The SMILES string of the molecule is CC1CC(NC2CCS(=O)(=O)C2)CN1C. The standard InChI is InChI=1S/C10H20N2O2S/c1-8-5-10(6-12(8)2)11-9-3-4-15(13,14)7-9/h8-11H,3-7H2,1-2H3. The number of hydrogen-bond acceptors (Lipinski definition) is 4. The predicted octanol–water partition coefficient (Wildman–Crippen LogP) is -0.144. The number of nitrogens with one attached hydrogen (secondary N) is 1. The highest BCUT2D eigenvalue weighted by Gasteiger charge is 2.32. The van der Waals surface area contributed by atoms with Crippen LogP contribution in [0.5, 0.6) is 0 Å². The maximum absolute atomic E-state index is 11.3. The Morgan fingerprint density at radius 1 is 1.33 bits per heavy atom. The summed E-state index contributed by atoms with van der Waals surface area (Å²) in [7, 11) is -0.618. The molecular formula is C10H20N2O2S. The second-order valence-electron chi connectivity index (χ2n) is 4.99. The number of likely N-dealkylation sites (tertiary alicyclic amines) is 1. The van der Waals surface area contributed by atoms with Crippen LogP contribution in [0.15, 0.2) is 0 Å². The van der Waals surface area contributed by atoms with Gasteiger partial charge >= 0.3 is 0 Å². The van der Waals surface area contributed by atoms with Gasteiger partial charge in [0.2, 0.25) is 0 Å². The Morgan fingerprint density at radius 3 is 2.53 bits per heavy atom. The molecule has 0 bridgehead atoms. The van der Waals surface area contributed by atoms with E-state index in [-0.39, 0.29) is 6.04 Å². The average Bonchev–Trinajstić information content (AvgIpc) is 2.58. The summed E-state index contributed by atoms with van der Waals surface area (Å²) in [4.78, 5) is 2.32. The maximum atomic E-state index is 11.3. The highest BCUT2D eigenvalue weighted by atomic mass is 32.2. The molecule has 0 aromatic heterocycles. The Hall–Kier alpha value is -0.130. The molecule has 0 aromatic carbocycles. The van der Waals surface area contributed by atoms with E-state index >= 15 is 0 Å². The summed E-state index contributed by atoms with van der Waals surface area (Å²) >= 11 is 0. The molecule has 0 saturated carbocycles. The molecule has 5 heteroatoms. The first kappa shape index (κ1) is 11.4. The molecule has 2 aliphatic heterocycles. The summed E-state index contributed by atoms with van der Waals surface area (Å²) in [6, 6.07) is 1.28. The van der Waals surface area contributed by atoms with Crippen LogP contribution in [0.2, 0.25) is 0 Å². The molecule has 2 aliphatic rings. The van der Waals surface area contributed by atoms with Gasteiger partial charge in [-0.1, -0.05) is 0 Å². The molecule has 2 heterocycles. The molecule has 0 spiro atoms. The Kier molecular flexibility index (Phi) is 3.05. The summed E-state index contributed by atoms with van der Waals surface area (Å²) in [6.07, 6.45) is 1.92. The van der Waals surface area contributed by atoms with E-state index in [0.29, 0.717) is 23.6 Å². The number of sulfone groups is 1. The second kappa shape index (κ2) is 4.03. The largest absolute Gasteiger partial charge is 0.309 e. The summed E-state index contributed by atoms with van der Waals surface area (Å²) in [5.41, 5.74) is 0. The fraction of sp³-hybridized carbons (Fsp3) is 1.00. The third-order valence-electron chi connectivity index (χ3n) is 3.59. The summed E-state index contributed by atoms with van der Waals surface area (Å²) in [5, 5.41) is 3.47. The van der Waals surface area contributed by atoms with Gasteiger partial charge in [0.15, 0.2) is 9.84 Å². The molecule has 15 heavy (non-hydrogen) atoms. The zero-order chi connectivity index (χ0) is 11.1. The zero-order valence-corrected chi connectivity index (χ0v) is 10.3. The van der Waals surface area contributed by atoms with Gasteiger partial charge < -0.3 is 10.2 Å². The Labute approximate surface area is 91.9 Å². The molecule has 3 atom stereocenters. The van der Waals surface area contributed by atoms with Crippen molar-refractivity contribution in [2.45, 2.75) is 37.9 Å². The minimum atomic E-state index is -2.74. The molecule has 4 nitrogen and oxygen atoms in total. The molecule has 88 valence electrons. The summed E-state index contributed by atoms with van der Waals surface area (Å²) < 4.78 is 22.6. The van der Waals surface area contributed by atoms with E-state index in [1.165, 1.54) is 0 Å². The van der Waals surface area contributed by atoms with E-state index in [1.807, 2.05) is 0 Å². The summed E-state index contributed by atoms with van der Waals surface area (Å²) in [5.74, 6) is 0.699. The monoisotopic (exact) mass is 232 g/mol. The Balaban J connectivity index is 1.84. The van der Waals surface area contributed by atoms with E-state index in [2.05, 4.69) is 24.2 Å². The lowest BCUT2D eigenvalue weighted by atomic mass is 10.1. The van der Waals surface area contributed by atoms with Crippen LogP contribution < -0.4 is 5.32 Å². The van der Waals surface area contributed by atoms with Gasteiger partial charge in [0, 0.05) is 24.7 Å². The molecule has 0 aliphatic carbocycles. The number of rotatable bonds is 2. The molecule has 0 aromatic rings. The number of likely N-dealkylation sites (N-methyl/N-ethyl adjacent to an activating group) is 1. The van der Waals surface area contributed by atoms with Gasteiger partial charge in [-0.3, -0.25) is 0 Å². The van der Waals surface area contributed by atoms with Crippen molar-refractivity contribution in [3.8, 4) is 0 Å². The van der Waals surface area contributed by atoms with Crippen molar-refractivity contribution < 1.29 is 8.42 Å². The van der Waals surface area contributed by atoms with Gasteiger partial charge in [-0.25, -0.2) is 8.42 Å². The van der Waals surface area contributed by atoms with Crippen LogP contribution >= 0.6 is 0 Å². The van der Waals surface area contributed by atoms with Gasteiger partial charge in [0.1, 0.15) is 0 Å². The topological polar surface area (TPSA) is 49.4 Å². The lowest BCUT2D eigenvalue weighted by Gasteiger charge is -2.17. The molecule has 0 radical (unpaired) electrons. The van der Waals surface area contributed by atoms with E-state index in [9.17, 15) is 8.42 Å². The van der Waals surface area contributed by atoms with Gasteiger partial charge in [0.05, 0.1) is 11.5 Å². The second-order valence-corrected chi connectivity index (χ2v) is 7.22. The van der Waals surface area contributed by atoms with Crippen LogP contribution in [-0.4, -0.2) is 56.5 Å². The molecular weight excluding hydrogens is 212 g/mol. The van der Waals surface area contributed by atoms with E-state index in [4.69, 9.17) is 0 Å². The van der Waals surface area contributed by atoms with Crippen molar-refractivity contribution in [3.63, 3.8) is 0 Å². The summed E-state index contributed by atoms with van der Waals surface area (Å²) in [6.45, 7) is 3.25. The van der Waals surface area contributed by atoms with Gasteiger partial charge in [-0.2, -0.15) is 0 Å². The molecule has 2 fully saturated rings. The predicted molar refractivity (Wildman–Crippen MR) is 60.7 cm³/mol. The van der Waals surface area contributed by atoms with Crippen molar-refractivity contribution in [2.24, 2.45) is 0 Å². The number of nitrogens with zero attached hydrogens (tertiary/aromatic N) is 1. The molecule has 0 amide bonds. The Morgan fingerprint density at radius 2 is 2.07 bits per heavy atom. The fourth-order valence-electron chi connectivity index (χ4n) is 2.57. The van der Waals surface area contributed by atoms with Crippen LogP contribution in [0.25, 0.3) is 0 Å². The first-order chi connectivity index (χ1) is 6.96. The molecule has 3 unspecified atom stereocenters. The quantitative estimate of drug-likeness (QED) is 0.720. The fourth-order valence-corrected chi connectivity index (χ4v) is 4.26. The van der Waals surface area contributed by atoms with Crippen molar-refractivity contribution in [1.29, 1.82) is 0 Å². The zero-order valence-electron chi connectivity index (χ0n) is 9.44. The van der Waals surface area contributed by atoms with Gasteiger partial charge in [0.25, 0.3) is 0 Å². The highest BCUT2D eigenvalue weighted by Crippen LogP contribution is 2.18. The Bertz CT molecular complexity index is 318. The molecule has 2 saturated heterocycles. The smallest absolute Gasteiger partial charge is 0.151 e. The lowest BCUT2D eigenvalue weighted by molar-refractivity contribution is 0.325. The maximum Gasteiger partial charge on any atom is 0.151 e. The third kappa shape index (κ3) is 2.71. The third-order valence-corrected chi connectivity index (χ3v) is 5.36. The minimum absolute atomic E-state index is 0.193. The van der Waals surface area contributed by atoms with Crippen molar-refractivity contribution in [1.82, 2.24) is 10.2 Å². The minimum Gasteiger partial charge on any atom is -0.309 e. The molecule has 1 N–H and O–H groups in total. The van der Waals surface area contributed by atoms with Gasteiger partial charge in [-0.15, -0.1) is 0 Å². The lowest BCUT2D eigenvalue weighted by Crippen LogP contribution is -2.40. The van der Waals surface area contributed by atoms with E-state index in [0.717, 1.165) is 19.4 Å². The van der Waals surface area contributed by atoms with Crippen molar-refractivity contribution >= 4 is 9.84 Å². The molecule has 2 rings (SSSR count). The van der Waals surface area contributed by atoms with Crippen molar-refractivity contribution in [3.05, 3.63) is 0 Å².